The number of carbonyl (C=O) groups excluding carboxylic acids is 1. The molecule has 3 aromatic rings. The maximum atomic E-state index is 12.6. The Morgan fingerprint density at radius 2 is 1.93 bits per heavy atom. The first-order chi connectivity index (χ1) is 13.4. The lowest BCUT2D eigenvalue weighted by Gasteiger charge is -2.07. The first kappa shape index (κ1) is 19.6. The van der Waals surface area contributed by atoms with Gasteiger partial charge in [0, 0.05) is 13.1 Å². The van der Waals surface area contributed by atoms with Gasteiger partial charge >= 0.3 is 0 Å². The minimum absolute atomic E-state index is 0.124. The molecule has 1 amide bonds. The number of para-hydroxylation sites is 2. The van der Waals surface area contributed by atoms with Crippen LogP contribution in [0.3, 0.4) is 0 Å². The Morgan fingerprint density at radius 1 is 1.18 bits per heavy atom. The normalized spacial score (nSPS) is 12.3. The molecule has 0 saturated carbocycles. The van der Waals surface area contributed by atoms with Crippen LogP contribution in [0, 0.1) is 13.8 Å². The lowest BCUT2D eigenvalue weighted by molar-refractivity contribution is -0.110. The molecule has 3 rings (SSSR count). The second-order valence-electron chi connectivity index (χ2n) is 6.51. The average Bonchev–Trinajstić information content (AvgIpc) is 2.92. The van der Waals surface area contributed by atoms with Gasteiger partial charge in [0.1, 0.15) is 10.4 Å². The van der Waals surface area contributed by atoms with Crippen molar-refractivity contribution in [3.8, 4) is 5.75 Å². The molecular weight excluding hydrogens is 372 g/mol. The Hall–Kier alpha value is -3.12. The lowest BCUT2D eigenvalue weighted by atomic mass is 10.1. The highest BCUT2D eigenvalue weighted by Gasteiger charge is 2.07. The van der Waals surface area contributed by atoms with Gasteiger partial charge in [-0.25, -0.2) is 0 Å². The summed E-state index contributed by atoms with van der Waals surface area (Å²) in [6, 6.07) is 13.3. The van der Waals surface area contributed by atoms with Crippen LogP contribution in [0.2, 0.25) is 0 Å². The van der Waals surface area contributed by atoms with Crippen molar-refractivity contribution in [2.24, 2.45) is 7.05 Å². The molecule has 0 saturated heterocycles. The molecule has 1 aromatic heterocycles. The monoisotopic (exact) mass is 394 g/mol. The first-order valence-corrected chi connectivity index (χ1v) is 9.61. The summed E-state index contributed by atoms with van der Waals surface area (Å²) in [5.74, 6) is 0.257. The second kappa shape index (κ2) is 8.27. The van der Waals surface area contributed by atoms with Crippen LogP contribution in [0.15, 0.2) is 47.3 Å². The lowest BCUT2D eigenvalue weighted by Crippen LogP contribution is -2.29. The van der Waals surface area contributed by atoms with Crippen LogP contribution in [0.25, 0.3) is 12.2 Å². The van der Waals surface area contributed by atoms with E-state index >= 15 is 0 Å². The number of aromatic nitrogens is 1. The predicted molar refractivity (Wildman–Crippen MR) is 114 cm³/mol. The zero-order valence-corrected chi connectivity index (χ0v) is 17.1. The summed E-state index contributed by atoms with van der Waals surface area (Å²) in [6.45, 7) is 4.05. The Labute approximate surface area is 167 Å². The summed E-state index contributed by atoms with van der Waals surface area (Å²) >= 11 is 1.29. The van der Waals surface area contributed by atoms with Gasteiger partial charge in [0.25, 0.3) is 11.5 Å². The zero-order valence-electron chi connectivity index (χ0n) is 16.3. The van der Waals surface area contributed by atoms with Gasteiger partial charge < -0.3 is 14.6 Å². The molecule has 0 radical (unpaired) electrons. The Balaban J connectivity index is 1.97. The first-order valence-electron chi connectivity index (χ1n) is 8.79. The minimum atomic E-state index is -0.320. The van der Waals surface area contributed by atoms with Gasteiger partial charge in [-0.05, 0) is 43.2 Å². The maximum absolute atomic E-state index is 12.6. The van der Waals surface area contributed by atoms with E-state index in [9.17, 15) is 9.59 Å². The molecule has 0 spiro atoms. The highest BCUT2D eigenvalue weighted by atomic mass is 32.1. The van der Waals surface area contributed by atoms with Crippen molar-refractivity contribution in [2.45, 2.75) is 13.8 Å². The third kappa shape index (κ3) is 4.23. The van der Waals surface area contributed by atoms with Crippen molar-refractivity contribution in [1.82, 2.24) is 4.57 Å². The van der Waals surface area contributed by atoms with Crippen molar-refractivity contribution >= 4 is 35.1 Å². The van der Waals surface area contributed by atoms with E-state index in [1.807, 2.05) is 44.2 Å². The number of methoxy groups -OCH3 is 1. The molecule has 1 N–H and O–H groups in total. The number of nitrogens with one attached hydrogen (secondary N) is 1. The van der Waals surface area contributed by atoms with E-state index in [1.54, 1.807) is 26.3 Å². The molecule has 0 aliphatic carbocycles. The van der Waals surface area contributed by atoms with Crippen molar-refractivity contribution in [2.75, 3.05) is 12.4 Å². The van der Waals surface area contributed by atoms with E-state index in [0.29, 0.717) is 20.6 Å². The maximum Gasteiger partial charge on any atom is 0.268 e. The van der Waals surface area contributed by atoms with Crippen LogP contribution in [-0.2, 0) is 11.8 Å². The molecule has 5 nitrogen and oxygen atoms in total. The molecule has 0 unspecified atom stereocenters. The van der Waals surface area contributed by atoms with Crippen LogP contribution < -0.4 is 24.8 Å². The summed E-state index contributed by atoms with van der Waals surface area (Å²) in [4.78, 5) is 25.0. The number of aryl methyl sites for hydroxylation is 2. The highest BCUT2D eigenvalue weighted by Crippen LogP contribution is 2.22. The molecule has 6 heteroatoms. The van der Waals surface area contributed by atoms with E-state index in [0.717, 1.165) is 11.1 Å². The van der Waals surface area contributed by atoms with E-state index in [2.05, 4.69) is 11.4 Å². The third-order valence-electron chi connectivity index (χ3n) is 4.39. The molecule has 0 bridgehead atoms. The quantitative estimate of drug-likeness (QED) is 0.739. The van der Waals surface area contributed by atoms with E-state index in [1.165, 1.54) is 27.5 Å². The number of ether oxygens (including phenoxy) is 1. The van der Waals surface area contributed by atoms with Crippen LogP contribution in [0.4, 0.5) is 5.69 Å². The van der Waals surface area contributed by atoms with E-state index in [4.69, 9.17) is 4.74 Å². The van der Waals surface area contributed by atoms with Crippen molar-refractivity contribution in [3.63, 3.8) is 0 Å². The molecule has 28 heavy (non-hydrogen) atoms. The zero-order chi connectivity index (χ0) is 20.3. The smallest absolute Gasteiger partial charge is 0.268 e. The molecule has 144 valence electrons. The van der Waals surface area contributed by atoms with Gasteiger partial charge in [-0.1, -0.05) is 35.9 Å². The summed E-state index contributed by atoms with van der Waals surface area (Å²) < 4.78 is 7.90. The van der Waals surface area contributed by atoms with Gasteiger partial charge in [0.2, 0.25) is 0 Å². The van der Waals surface area contributed by atoms with Gasteiger partial charge in [-0.3, -0.25) is 9.59 Å². The van der Waals surface area contributed by atoms with Gasteiger partial charge in [0.05, 0.1) is 17.3 Å². The number of hydrogen-bond donors (Lipinski definition) is 1. The number of benzene rings is 2. The fourth-order valence-corrected chi connectivity index (χ4v) is 3.89. The van der Waals surface area contributed by atoms with E-state index < -0.39 is 0 Å². The van der Waals surface area contributed by atoms with E-state index in [-0.39, 0.29) is 11.5 Å². The standard InChI is InChI=1S/C22H22N2O3S/c1-14-9-10-16(15(2)11-14)12-19-22(26)24(3)21(28-19)13-20(25)23-17-7-5-6-8-18(17)27-4/h5-13H,1-4H3,(H,23,25)/b19-12-,21-13-. The second-order valence-corrected chi connectivity index (χ2v) is 7.57. The largest absolute Gasteiger partial charge is 0.495 e. The van der Waals surface area contributed by atoms with Crippen LogP contribution in [0.1, 0.15) is 16.7 Å². The minimum Gasteiger partial charge on any atom is -0.495 e. The Bertz CT molecular complexity index is 1210. The number of rotatable bonds is 4. The number of thiazole rings is 1. The molecule has 0 fully saturated rings. The summed E-state index contributed by atoms with van der Waals surface area (Å²) in [6.07, 6.45) is 3.30. The number of nitrogens with zero attached hydrogens (tertiary/aromatic N) is 1. The predicted octanol–water partition coefficient (Wildman–Crippen LogP) is 2.32. The topological polar surface area (TPSA) is 60.3 Å². The third-order valence-corrected chi connectivity index (χ3v) is 5.51. The summed E-state index contributed by atoms with van der Waals surface area (Å²) in [5.41, 5.74) is 3.73. The van der Waals surface area contributed by atoms with Crippen molar-refractivity contribution in [1.29, 1.82) is 0 Å². The number of anilines is 1. The van der Waals surface area contributed by atoms with Gasteiger partial charge in [0.15, 0.2) is 0 Å². The summed E-state index contributed by atoms with van der Waals surface area (Å²) in [7, 11) is 3.22. The Kier molecular flexibility index (Phi) is 5.80. The van der Waals surface area contributed by atoms with Crippen LogP contribution in [-0.4, -0.2) is 17.6 Å². The fraction of sp³-hybridized carbons (Fsp3) is 0.182. The SMILES string of the molecule is COc1ccccc1NC(=O)/C=c1\s/c(=C\c2ccc(C)cc2C)c(=O)n1C. The fourth-order valence-electron chi connectivity index (χ4n) is 2.87. The summed E-state index contributed by atoms with van der Waals surface area (Å²) in [5, 5.41) is 2.79. The average molecular weight is 394 g/mol. The molecule has 0 aliphatic rings. The number of hydrogen-bond acceptors (Lipinski definition) is 4. The Morgan fingerprint density at radius 3 is 2.64 bits per heavy atom. The van der Waals surface area contributed by atoms with Gasteiger partial charge in [-0.15, -0.1) is 11.3 Å². The van der Waals surface area contributed by atoms with Crippen LogP contribution in [0.5, 0.6) is 5.75 Å². The van der Waals surface area contributed by atoms with Crippen molar-refractivity contribution in [3.05, 3.63) is 78.7 Å². The molecule has 1 heterocycles. The van der Waals surface area contributed by atoms with Crippen molar-refractivity contribution < 1.29 is 9.53 Å². The molecule has 2 aromatic carbocycles. The molecular formula is C22H22N2O3S. The number of amides is 1. The molecule has 0 aliphatic heterocycles. The highest BCUT2D eigenvalue weighted by molar-refractivity contribution is 7.07. The van der Waals surface area contributed by atoms with Crippen LogP contribution >= 0.6 is 11.3 Å². The molecule has 0 atom stereocenters. The number of carbonyl (C=O) groups is 1. The van der Waals surface area contributed by atoms with Gasteiger partial charge in [-0.2, -0.15) is 0 Å².